The summed E-state index contributed by atoms with van der Waals surface area (Å²) in [5, 5.41) is 29.0. The largest absolute Gasteiger partial charge is 0.455 e. The number of nitrogens with one attached hydrogen (secondary N) is 1. The molecule has 71 heavy (non-hydrogen) atoms. The number of carbonyl (C=O) groups is 7. The number of esters is 5. The number of aliphatic hydroxyl groups excluding tert-OH is 1. The number of ether oxygens (including phenoxy) is 6. The third kappa shape index (κ3) is 9.91. The van der Waals surface area contributed by atoms with E-state index in [0.717, 1.165) is 13.8 Å². The molecule has 0 spiro atoms. The van der Waals surface area contributed by atoms with Gasteiger partial charge in [0.25, 0.3) is 5.91 Å². The van der Waals surface area contributed by atoms with E-state index >= 15 is 9.59 Å². The number of hydrogen-bond donors (Lipinski definition) is 3. The molecule has 378 valence electrons. The van der Waals surface area contributed by atoms with Crippen LogP contribution in [0.25, 0.3) is 0 Å². The van der Waals surface area contributed by atoms with Gasteiger partial charge in [0.15, 0.2) is 17.5 Å². The molecule has 1 saturated heterocycles. The van der Waals surface area contributed by atoms with E-state index in [0.29, 0.717) is 24.8 Å². The first-order chi connectivity index (χ1) is 33.7. The molecule has 3 aliphatic carbocycles. The van der Waals surface area contributed by atoms with Crippen LogP contribution in [-0.4, -0.2) is 119 Å². The van der Waals surface area contributed by atoms with Crippen LogP contribution in [0.5, 0.6) is 0 Å². The van der Waals surface area contributed by atoms with Crippen LogP contribution in [0.15, 0.2) is 107 Å². The van der Waals surface area contributed by atoms with Gasteiger partial charge in [-0.1, -0.05) is 80.6 Å². The smallest absolute Gasteiger partial charge is 0.350 e. The Morgan fingerprint density at radius 1 is 0.859 bits per heavy atom. The Balaban J connectivity index is 1.40. The highest BCUT2D eigenvalue weighted by Crippen LogP contribution is 2.64. The molecule has 0 aromatic heterocycles. The number of benzene rings is 3. The van der Waals surface area contributed by atoms with Crippen molar-refractivity contribution in [3.05, 3.63) is 119 Å². The lowest BCUT2D eigenvalue weighted by molar-refractivity contribution is -0.346. The highest BCUT2D eigenvalue weighted by Gasteiger charge is 2.78. The van der Waals surface area contributed by atoms with Gasteiger partial charge in [0.1, 0.15) is 30.0 Å². The van der Waals surface area contributed by atoms with Gasteiger partial charge in [0, 0.05) is 51.1 Å². The molecule has 3 aromatic rings. The van der Waals surface area contributed by atoms with Crippen molar-refractivity contribution in [2.24, 2.45) is 21.7 Å². The van der Waals surface area contributed by atoms with Crippen LogP contribution in [0.2, 0.25) is 0 Å². The predicted molar refractivity (Wildman–Crippen MR) is 254 cm³/mol. The van der Waals surface area contributed by atoms with E-state index in [1.807, 2.05) is 0 Å². The maximum Gasteiger partial charge on any atom is 0.350 e. The van der Waals surface area contributed by atoms with Crippen molar-refractivity contribution >= 4 is 47.8 Å². The van der Waals surface area contributed by atoms with Crippen LogP contribution in [0.4, 0.5) is 0 Å². The lowest BCUT2D eigenvalue weighted by Gasteiger charge is -2.67. The predicted octanol–water partition coefficient (Wildman–Crippen LogP) is 5.55. The molecule has 2 saturated carbocycles. The molecule has 11 atom stereocenters. The first-order valence-electron chi connectivity index (χ1n) is 23.8. The number of Topliss-reactive ketones (excluding diaryl/α,β-unsaturated/α-hetero) is 1. The molecule has 3 fully saturated rings. The van der Waals surface area contributed by atoms with Crippen molar-refractivity contribution in [2.75, 3.05) is 13.7 Å². The van der Waals surface area contributed by atoms with Gasteiger partial charge in [-0.25, -0.2) is 9.59 Å². The fourth-order valence-electron chi connectivity index (χ4n) is 11.1. The highest BCUT2D eigenvalue weighted by atomic mass is 16.6. The SMILES string of the molecule is CN=CCCCCC(=O)O[C@@H](C(=O)O[C@H]1C[C@@]2(O)[C@@H](OC(=O)c3ccccc3)[C@@H]3[C@]4(OC(C)=O)CO[C@@H]4C[C@H](O)[C@@]3(C)C(=O)[C@H](OC(C)=O)C(=C1C)C2(C)C)[C@@H](NC(=O)c1ccccc1)c1ccccc1. The molecule has 0 radical (unpaired) electrons. The van der Waals surface area contributed by atoms with E-state index in [-0.39, 0.29) is 41.7 Å². The van der Waals surface area contributed by atoms with E-state index in [1.165, 1.54) is 26.0 Å². The molecule has 4 aliphatic rings. The van der Waals surface area contributed by atoms with Gasteiger partial charge in [0.2, 0.25) is 6.10 Å². The maximum absolute atomic E-state index is 15.7. The summed E-state index contributed by atoms with van der Waals surface area (Å²) < 4.78 is 36.9. The Bertz CT molecular complexity index is 2570. The molecule has 1 heterocycles. The minimum absolute atomic E-state index is 0.0217. The van der Waals surface area contributed by atoms with Crippen LogP contribution >= 0.6 is 0 Å². The molecule has 1 amide bonds. The standard InChI is InChI=1S/C54H62N2O15/c1-31-37(68-50(64)44(69-40(60)26-18-11-19-27-55-7)42(34-20-12-8-13-21-34)56-48(62)35-22-14-9-15-23-35)29-54(65)47(70-49(63)36-24-16-10-17-25-36)45-52(6,38(59)28-39-53(45,30-66-39)71-33(3)58)46(61)43(67-32(2)57)41(31)51(54,4)5/h8-10,12-17,20-25,27,37-39,42-45,47,59,65H,11,18-19,26,28-30H2,1-7H3,(H,56,62)/t37-,38-,39+,42-,43+,44+,45-,47-,52+,53-,54+/m0/s1. The molecule has 17 heteroatoms. The van der Waals surface area contributed by atoms with Crippen LogP contribution in [0, 0.1) is 16.7 Å². The van der Waals surface area contributed by atoms with E-state index in [4.69, 9.17) is 28.4 Å². The first kappa shape index (κ1) is 52.3. The van der Waals surface area contributed by atoms with E-state index in [1.54, 1.807) is 106 Å². The lowest BCUT2D eigenvalue weighted by atomic mass is 9.44. The maximum atomic E-state index is 15.7. The number of rotatable bonds is 16. The van der Waals surface area contributed by atoms with Crippen molar-refractivity contribution < 1.29 is 72.2 Å². The second-order valence-corrected chi connectivity index (χ2v) is 19.5. The Kier molecular flexibility index (Phi) is 15.5. The van der Waals surface area contributed by atoms with Crippen molar-refractivity contribution in [3.8, 4) is 0 Å². The second kappa shape index (κ2) is 21.0. The highest BCUT2D eigenvalue weighted by molar-refractivity contribution is 5.96. The van der Waals surface area contributed by atoms with E-state index < -0.39 is 119 Å². The number of ketones is 1. The Morgan fingerprint density at radius 2 is 1.48 bits per heavy atom. The minimum Gasteiger partial charge on any atom is -0.455 e. The summed E-state index contributed by atoms with van der Waals surface area (Å²) in [5.41, 5.74) is -7.25. The average molecular weight is 979 g/mol. The fourth-order valence-corrected chi connectivity index (χ4v) is 11.1. The monoisotopic (exact) mass is 978 g/mol. The molecule has 7 rings (SSSR count). The molecule has 1 aliphatic heterocycles. The number of carbonyl (C=O) groups excluding carboxylic acids is 7. The number of fused-ring (bicyclic) bond motifs is 5. The Morgan fingerprint density at radius 3 is 2.06 bits per heavy atom. The summed E-state index contributed by atoms with van der Waals surface area (Å²) in [5.74, 6) is -7.67. The van der Waals surface area contributed by atoms with Gasteiger partial charge in [-0.2, -0.15) is 0 Å². The van der Waals surface area contributed by atoms with Crippen LogP contribution in [0.1, 0.15) is 112 Å². The summed E-state index contributed by atoms with van der Waals surface area (Å²) in [4.78, 5) is 103. The van der Waals surface area contributed by atoms with Crippen LogP contribution < -0.4 is 5.32 Å². The topological polar surface area (TPSA) is 240 Å². The number of aliphatic imine (C=N–C) groups is 1. The van der Waals surface area contributed by atoms with Gasteiger partial charge in [-0.3, -0.25) is 24.0 Å². The Hall–Kier alpha value is -6.56. The molecule has 17 nitrogen and oxygen atoms in total. The normalized spacial score (nSPS) is 29.3. The fraction of sp³-hybridized carbons (Fsp3) is 0.481. The zero-order valence-electron chi connectivity index (χ0n) is 41.0. The zero-order valence-corrected chi connectivity index (χ0v) is 41.0. The van der Waals surface area contributed by atoms with E-state index in [9.17, 15) is 34.2 Å². The van der Waals surface area contributed by atoms with Gasteiger partial charge >= 0.3 is 29.8 Å². The zero-order chi connectivity index (χ0) is 51.5. The van der Waals surface area contributed by atoms with Crippen molar-refractivity contribution in [2.45, 2.75) is 134 Å². The summed E-state index contributed by atoms with van der Waals surface area (Å²) in [6, 6.07) is 23.0. The number of amides is 1. The summed E-state index contributed by atoms with van der Waals surface area (Å²) in [6.45, 7) is 7.97. The number of hydrogen-bond acceptors (Lipinski definition) is 16. The number of unbranched alkanes of at least 4 members (excludes halogenated alkanes) is 2. The molecule has 0 unspecified atom stereocenters. The van der Waals surface area contributed by atoms with Gasteiger partial charge in [0.05, 0.1) is 29.6 Å². The van der Waals surface area contributed by atoms with Crippen molar-refractivity contribution in [1.82, 2.24) is 5.32 Å². The third-order valence-corrected chi connectivity index (χ3v) is 14.9. The van der Waals surface area contributed by atoms with Gasteiger partial charge in [-0.15, -0.1) is 0 Å². The molecule has 2 bridgehead atoms. The molecular weight excluding hydrogens is 917 g/mol. The number of nitrogens with zero attached hydrogens (tertiary/aromatic N) is 1. The quantitative estimate of drug-likeness (QED) is 0.0525. The first-order valence-corrected chi connectivity index (χ1v) is 23.8. The average Bonchev–Trinajstić information content (AvgIpc) is 3.33. The summed E-state index contributed by atoms with van der Waals surface area (Å²) in [6.07, 6.45) is -7.44. The second-order valence-electron chi connectivity index (χ2n) is 19.5. The minimum atomic E-state index is -2.44. The third-order valence-electron chi connectivity index (χ3n) is 14.9. The van der Waals surface area contributed by atoms with Gasteiger partial charge in [-0.05, 0) is 80.3 Å². The van der Waals surface area contributed by atoms with E-state index in [2.05, 4.69) is 10.3 Å². The Labute approximate surface area is 412 Å². The summed E-state index contributed by atoms with van der Waals surface area (Å²) >= 11 is 0. The van der Waals surface area contributed by atoms with Crippen molar-refractivity contribution in [3.63, 3.8) is 0 Å². The van der Waals surface area contributed by atoms with Crippen molar-refractivity contribution in [1.29, 1.82) is 0 Å². The van der Waals surface area contributed by atoms with Gasteiger partial charge < -0.3 is 48.9 Å². The molecule has 3 aromatic carbocycles. The molecule has 3 N–H and O–H groups in total. The van der Waals surface area contributed by atoms with Crippen LogP contribution in [-0.2, 0) is 52.4 Å². The van der Waals surface area contributed by atoms with Crippen LogP contribution in [0.3, 0.4) is 0 Å². The number of aliphatic hydroxyl groups is 2. The lowest BCUT2D eigenvalue weighted by Crippen LogP contribution is -2.82. The summed E-state index contributed by atoms with van der Waals surface area (Å²) in [7, 11) is 1.64. The molecular formula is C54H62N2O15.